The highest BCUT2D eigenvalue weighted by atomic mass is 16.7. The molecule has 0 spiro atoms. The van der Waals surface area contributed by atoms with Crippen molar-refractivity contribution in [3.8, 4) is 0 Å². The Hall–Kier alpha value is -2.78. The lowest BCUT2D eigenvalue weighted by Gasteiger charge is -2.43. The Morgan fingerprint density at radius 2 is 1.05 bits per heavy atom. The summed E-state index contributed by atoms with van der Waals surface area (Å²) in [5, 5.41) is 0. The highest BCUT2D eigenvalue weighted by Gasteiger charge is 2.79. The number of imide groups is 2. The van der Waals surface area contributed by atoms with Gasteiger partial charge in [-0.2, -0.15) is 0 Å². The van der Waals surface area contributed by atoms with Crippen molar-refractivity contribution in [1.82, 2.24) is 9.80 Å². The van der Waals surface area contributed by atoms with Crippen molar-refractivity contribution < 1.29 is 38.2 Å². The van der Waals surface area contributed by atoms with E-state index in [9.17, 15) is 28.8 Å². The van der Waals surface area contributed by atoms with E-state index < -0.39 is 75.9 Å². The lowest BCUT2D eigenvalue weighted by molar-refractivity contribution is -0.183. The largest absolute Gasteiger partial charge is 0.428 e. The first-order valence-corrected chi connectivity index (χ1v) is 14.5. The van der Waals surface area contributed by atoms with E-state index in [1.54, 1.807) is 6.92 Å². The number of likely N-dealkylation sites (tertiary alicyclic amines) is 2. The van der Waals surface area contributed by atoms with Crippen LogP contribution in [-0.4, -0.2) is 65.8 Å². The van der Waals surface area contributed by atoms with Crippen LogP contribution in [-0.2, 0) is 38.2 Å². The van der Waals surface area contributed by atoms with E-state index in [0.717, 1.165) is 0 Å². The third-order valence-corrected chi connectivity index (χ3v) is 13.0. The smallest absolute Gasteiger partial charge is 0.312 e. The second kappa shape index (κ2) is 7.94. The van der Waals surface area contributed by atoms with Crippen LogP contribution < -0.4 is 0 Å². The molecule has 218 valence electrons. The Kier molecular flexibility index (Phi) is 5.44. The van der Waals surface area contributed by atoms with Crippen molar-refractivity contribution in [3.05, 3.63) is 0 Å². The van der Waals surface area contributed by atoms with Crippen molar-refractivity contribution in [2.45, 2.75) is 61.3 Å². The Labute approximate surface area is 234 Å². The number of carbonyl (C=O) groups is 6. The minimum atomic E-state index is -0.728. The van der Waals surface area contributed by atoms with Gasteiger partial charge in [-0.15, -0.1) is 0 Å². The quantitative estimate of drug-likeness (QED) is 0.287. The van der Waals surface area contributed by atoms with Gasteiger partial charge in [-0.25, -0.2) is 0 Å². The van der Waals surface area contributed by atoms with E-state index in [4.69, 9.17) is 9.47 Å². The summed E-state index contributed by atoms with van der Waals surface area (Å²) < 4.78 is 11.1. The SMILES string of the molecule is CCN1C(=O)C2C(C1=O)C1(C)CC2(C)C(C)C1C(=O)OCOC(=O)C1C(C)C2(C)CC1(C)C1C(=O)N(C)C(=O)C12. The lowest BCUT2D eigenvalue weighted by Crippen LogP contribution is -2.49. The van der Waals surface area contributed by atoms with Crippen LogP contribution >= 0.6 is 0 Å². The van der Waals surface area contributed by atoms with Gasteiger partial charge in [0.1, 0.15) is 0 Å². The number of esters is 2. The molecule has 0 aromatic heterocycles. The van der Waals surface area contributed by atoms with Crippen LogP contribution in [0.5, 0.6) is 0 Å². The number of hydrogen-bond donors (Lipinski definition) is 0. The Morgan fingerprint density at radius 3 is 1.45 bits per heavy atom. The number of ether oxygens (including phenoxy) is 2. The fraction of sp³-hybridized carbons (Fsp3) is 0.800. The molecule has 0 N–H and O–H groups in total. The number of nitrogens with zero attached hydrogens (tertiary/aromatic N) is 2. The molecule has 4 amide bonds. The molecule has 2 aliphatic heterocycles. The highest BCUT2D eigenvalue weighted by molar-refractivity contribution is 6.08. The summed E-state index contributed by atoms with van der Waals surface area (Å²) in [6, 6.07) is 0. The Morgan fingerprint density at radius 1 is 0.700 bits per heavy atom. The molecule has 0 aromatic rings. The molecule has 2 saturated heterocycles. The van der Waals surface area contributed by atoms with E-state index in [2.05, 4.69) is 0 Å². The predicted molar refractivity (Wildman–Crippen MR) is 138 cm³/mol. The van der Waals surface area contributed by atoms with Crippen molar-refractivity contribution in [2.24, 2.45) is 69.0 Å². The van der Waals surface area contributed by atoms with E-state index in [0.29, 0.717) is 19.4 Å². The number of hydrogen-bond acceptors (Lipinski definition) is 8. The topological polar surface area (TPSA) is 127 Å². The summed E-state index contributed by atoms with van der Waals surface area (Å²) in [6.07, 6.45) is 1.15. The highest BCUT2D eigenvalue weighted by Crippen LogP contribution is 2.75. The van der Waals surface area contributed by atoms with Crippen molar-refractivity contribution in [1.29, 1.82) is 0 Å². The van der Waals surface area contributed by atoms with Crippen molar-refractivity contribution >= 4 is 35.6 Å². The van der Waals surface area contributed by atoms with Gasteiger partial charge in [0, 0.05) is 13.6 Å². The summed E-state index contributed by atoms with van der Waals surface area (Å²) >= 11 is 0. The van der Waals surface area contributed by atoms with Crippen molar-refractivity contribution in [3.63, 3.8) is 0 Å². The number of carbonyl (C=O) groups excluding carboxylic acids is 6. The van der Waals surface area contributed by atoms with Gasteiger partial charge in [0.25, 0.3) is 0 Å². The minimum Gasteiger partial charge on any atom is -0.428 e. The minimum absolute atomic E-state index is 0.144. The molecule has 2 heterocycles. The monoisotopic (exact) mass is 556 g/mol. The van der Waals surface area contributed by atoms with Crippen LogP contribution in [0.4, 0.5) is 0 Å². The van der Waals surface area contributed by atoms with Gasteiger partial charge in [-0.05, 0) is 53.3 Å². The molecule has 4 bridgehead atoms. The van der Waals surface area contributed by atoms with Crippen LogP contribution in [0.2, 0.25) is 0 Å². The molecule has 12 atom stereocenters. The van der Waals surface area contributed by atoms with Crippen LogP contribution in [0.1, 0.15) is 61.3 Å². The zero-order chi connectivity index (χ0) is 29.5. The van der Waals surface area contributed by atoms with Gasteiger partial charge in [-0.3, -0.25) is 38.6 Å². The maximum Gasteiger partial charge on any atom is 0.312 e. The average molecular weight is 557 g/mol. The molecule has 10 nitrogen and oxygen atoms in total. The van der Waals surface area contributed by atoms with Crippen LogP contribution in [0.25, 0.3) is 0 Å². The number of amides is 4. The molecule has 4 aliphatic carbocycles. The summed E-state index contributed by atoms with van der Waals surface area (Å²) in [5.41, 5.74) is -2.47. The molecule has 10 heteroatoms. The maximum absolute atomic E-state index is 13.5. The molecule has 6 fully saturated rings. The molecule has 6 aliphatic rings. The number of rotatable bonds is 5. The molecular formula is C30H40N2O8. The van der Waals surface area contributed by atoms with E-state index in [-0.39, 0.29) is 35.5 Å². The van der Waals surface area contributed by atoms with E-state index in [1.807, 2.05) is 41.5 Å². The van der Waals surface area contributed by atoms with E-state index >= 15 is 0 Å². The zero-order valence-electron chi connectivity index (χ0n) is 24.6. The molecule has 0 radical (unpaired) electrons. The fourth-order valence-corrected chi connectivity index (χ4v) is 11.3. The van der Waals surface area contributed by atoms with Gasteiger partial charge in [0.2, 0.25) is 30.4 Å². The third kappa shape index (κ3) is 2.81. The predicted octanol–water partition coefficient (Wildman–Crippen LogP) is 2.25. The average Bonchev–Trinajstić information content (AvgIpc) is 3.56. The third-order valence-electron chi connectivity index (χ3n) is 13.0. The molecule has 6 rings (SSSR count). The second-order valence-corrected chi connectivity index (χ2v) is 14.5. The molecule has 4 saturated carbocycles. The molecule has 40 heavy (non-hydrogen) atoms. The maximum atomic E-state index is 13.5. The normalized spacial score (nSPS) is 50.2. The van der Waals surface area contributed by atoms with Gasteiger partial charge in [0.05, 0.1) is 35.5 Å². The standard InChI is InChI=1S/C30H40N2O8/c1-9-32-23(35)19-20(24(32)36)30(7)11-28(19,5)14(3)16(30)26(38)40-12-39-25(37)15-13(2)27(4)10-29(15,6)18-17(27)21(33)31(8)22(18)34/h13-20H,9-12H2,1-8H3. The van der Waals surface area contributed by atoms with Crippen molar-refractivity contribution in [2.75, 3.05) is 20.4 Å². The molecule has 0 aromatic carbocycles. The van der Waals surface area contributed by atoms with Gasteiger partial charge in [0.15, 0.2) is 0 Å². The van der Waals surface area contributed by atoms with Crippen LogP contribution in [0.3, 0.4) is 0 Å². The summed E-state index contributed by atoms with van der Waals surface area (Å²) in [7, 11) is 1.50. The van der Waals surface area contributed by atoms with E-state index in [1.165, 1.54) is 16.8 Å². The Balaban J connectivity index is 1.16. The van der Waals surface area contributed by atoms with Gasteiger partial charge in [-0.1, -0.05) is 41.5 Å². The first-order valence-electron chi connectivity index (χ1n) is 14.5. The number of fused-ring (bicyclic) bond motifs is 10. The lowest BCUT2D eigenvalue weighted by atomic mass is 9.59. The van der Waals surface area contributed by atoms with Gasteiger partial charge >= 0.3 is 11.9 Å². The summed E-state index contributed by atoms with van der Waals surface area (Å²) in [4.78, 5) is 81.7. The van der Waals surface area contributed by atoms with Crippen LogP contribution in [0, 0.1) is 69.0 Å². The zero-order valence-corrected chi connectivity index (χ0v) is 24.6. The first kappa shape index (κ1) is 27.4. The Bertz CT molecular complexity index is 1280. The van der Waals surface area contributed by atoms with Crippen LogP contribution in [0.15, 0.2) is 0 Å². The second-order valence-electron chi connectivity index (χ2n) is 14.5. The summed E-state index contributed by atoms with van der Waals surface area (Å²) in [6.45, 7) is 13.2. The first-order chi connectivity index (χ1) is 18.5. The van der Waals surface area contributed by atoms with Gasteiger partial charge < -0.3 is 9.47 Å². The fourth-order valence-electron chi connectivity index (χ4n) is 11.3. The summed E-state index contributed by atoms with van der Waals surface area (Å²) in [5.74, 6) is -5.45. The molecular weight excluding hydrogens is 516 g/mol. The molecule has 12 unspecified atom stereocenters.